The number of piperidine rings is 1. The van der Waals surface area contributed by atoms with Crippen molar-refractivity contribution >= 4 is 27.5 Å². The van der Waals surface area contributed by atoms with E-state index in [-0.39, 0.29) is 11.5 Å². The molecule has 2 aromatic rings. The van der Waals surface area contributed by atoms with Gasteiger partial charge in [0.05, 0.1) is 10.3 Å². The standard InChI is InChI=1S/C22H32N4O2S/c1-14-11-15(2)13-25(12-14)9-6-8-23-20(27)19-16(3)18-21(29-19)24-17-7-4-5-10-26(17)22(18)28/h14-15H,4-13H2,1-3H3,(H,23,27)/t14-,15-/m0/s1. The SMILES string of the molecule is Cc1c(C(=O)NCCCN2C[C@@H](C)C[C@H](C)C2)sc2nc3n(c(=O)c12)CCCC3. The van der Waals surface area contributed by atoms with Crippen LogP contribution in [0.4, 0.5) is 0 Å². The number of hydrogen-bond donors (Lipinski definition) is 1. The second-order valence-corrected chi connectivity index (χ2v) is 9.99. The third-order valence-corrected chi connectivity index (χ3v) is 7.43. The van der Waals surface area contributed by atoms with Crippen molar-refractivity contribution in [2.45, 2.75) is 59.4 Å². The summed E-state index contributed by atoms with van der Waals surface area (Å²) in [4.78, 5) is 34.3. The number of hydrogen-bond acceptors (Lipinski definition) is 5. The van der Waals surface area contributed by atoms with Crippen molar-refractivity contribution in [3.8, 4) is 0 Å². The van der Waals surface area contributed by atoms with Gasteiger partial charge in [-0.15, -0.1) is 11.3 Å². The van der Waals surface area contributed by atoms with E-state index in [1.807, 2.05) is 6.92 Å². The third-order valence-electron chi connectivity index (χ3n) is 6.25. The molecule has 2 atom stereocenters. The summed E-state index contributed by atoms with van der Waals surface area (Å²) in [5.41, 5.74) is 0.797. The van der Waals surface area contributed by atoms with Crippen LogP contribution in [0.1, 0.15) is 60.6 Å². The molecule has 2 aliphatic rings. The predicted molar refractivity (Wildman–Crippen MR) is 118 cm³/mol. The Kier molecular flexibility index (Phi) is 6.06. The fourth-order valence-electron chi connectivity index (χ4n) is 5.01. The quantitative estimate of drug-likeness (QED) is 0.760. The molecule has 1 amide bonds. The first-order valence-electron chi connectivity index (χ1n) is 11.0. The Bertz CT molecular complexity index is 954. The lowest BCUT2D eigenvalue weighted by atomic mass is 9.92. The highest BCUT2D eigenvalue weighted by atomic mass is 32.1. The van der Waals surface area contributed by atoms with Gasteiger partial charge in [0.15, 0.2) is 0 Å². The average Bonchev–Trinajstić information content (AvgIpc) is 3.01. The molecule has 0 bridgehead atoms. The maximum absolute atomic E-state index is 12.9. The lowest BCUT2D eigenvalue weighted by molar-refractivity contribution is 0.0951. The zero-order chi connectivity index (χ0) is 20.5. The van der Waals surface area contributed by atoms with Gasteiger partial charge in [0.25, 0.3) is 11.5 Å². The number of nitrogens with zero attached hydrogens (tertiary/aromatic N) is 3. The lowest BCUT2D eigenvalue weighted by Crippen LogP contribution is -2.40. The Morgan fingerprint density at radius 1 is 1.24 bits per heavy atom. The van der Waals surface area contributed by atoms with E-state index in [0.29, 0.717) is 21.6 Å². The van der Waals surface area contributed by atoms with Crippen molar-refractivity contribution in [3.05, 3.63) is 26.6 Å². The van der Waals surface area contributed by atoms with Gasteiger partial charge in [-0.2, -0.15) is 0 Å². The van der Waals surface area contributed by atoms with Gasteiger partial charge in [-0.05, 0) is 56.6 Å². The van der Waals surface area contributed by atoms with Gasteiger partial charge >= 0.3 is 0 Å². The van der Waals surface area contributed by atoms with Gasteiger partial charge in [0.2, 0.25) is 0 Å². The van der Waals surface area contributed by atoms with Gasteiger partial charge in [0, 0.05) is 32.6 Å². The van der Waals surface area contributed by atoms with Crippen molar-refractivity contribution in [2.24, 2.45) is 11.8 Å². The number of carbonyl (C=O) groups is 1. The summed E-state index contributed by atoms with van der Waals surface area (Å²) in [5, 5.41) is 3.69. The number of thiophene rings is 1. The van der Waals surface area contributed by atoms with Gasteiger partial charge in [-0.3, -0.25) is 14.2 Å². The third kappa shape index (κ3) is 4.26. The number of aryl methyl sites for hydroxylation is 2. The zero-order valence-corrected chi connectivity index (χ0v) is 18.6. The molecule has 1 fully saturated rings. The first kappa shape index (κ1) is 20.5. The molecule has 29 heavy (non-hydrogen) atoms. The minimum absolute atomic E-state index is 0.0193. The molecule has 0 aliphatic carbocycles. The highest BCUT2D eigenvalue weighted by molar-refractivity contribution is 7.20. The van der Waals surface area contributed by atoms with Crippen molar-refractivity contribution in [2.75, 3.05) is 26.2 Å². The Morgan fingerprint density at radius 2 is 2.00 bits per heavy atom. The highest BCUT2D eigenvalue weighted by Crippen LogP contribution is 2.28. The summed E-state index contributed by atoms with van der Waals surface area (Å²) in [6.45, 7) is 11.3. The molecule has 0 saturated carbocycles. The van der Waals surface area contributed by atoms with Crippen LogP contribution in [0.15, 0.2) is 4.79 Å². The van der Waals surface area contributed by atoms with E-state index in [1.165, 1.54) is 17.8 Å². The monoisotopic (exact) mass is 416 g/mol. The van der Waals surface area contributed by atoms with Crippen LogP contribution in [0, 0.1) is 18.8 Å². The van der Waals surface area contributed by atoms with Crippen LogP contribution in [0.25, 0.3) is 10.2 Å². The van der Waals surface area contributed by atoms with E-state index >= 15 is 0 Å². The molecule has 4 rings (SSSR count). The zero-order valence-electron chi connectivity index (χ0n) is 17.8. The first-order valence-corrected chi connectivity index (χ1v) is 11.8. The minimum Gasteiger partial charge on any atom is -0.351 e. The summed E-state index contributed by atoms with van der Waals surface area (Å²) < 4.78 is 1.80. The molecule has 6 nitrogen and oxygen atoms in total. The van der Waals surface area contributed by atoms with Crippen LogP contribution in [-0.4, -0.2) is 46.5 Å². The number of aromatic nitrogens is 2. The minimum atomic E-state index is -0.0757. The van der Waals surface area contributed by atoms with E-state index < -0.39 is 0 Å². The smallest absolute Gasteiger partial charge is 0.262 e. The number of amides is 1. The van der Waals surface area contributed by atoms with E-state index in [0.717, 1.165) is 75.1 Å². The summed E-state index contributed by atoms with van der Waals surface area (Å²) >= 11 is 1.36. The Balaban J connectivity index is 1.40. The van der Waals surface area contributed by atoms with Crippen molar-refractivity contribution in [1.29, 1.82) is 0 Å². The molecule has 0 radical (unpaired) electrons. The number of nitrogens with one attached hydrogen (secondary N) is 1. The largest absolute Gasteiger partial charge is 0.351 e. The van der Waals surface area contributed by atoms with Crippen LogP contribution < -0.4 is 10.9 Å². The molecule has 1 saturated heterocycles. The Hall–Kier alpha value is -1.73. The summed E-state index contributed by atoms with van der Waals surface area (Å²) in [6.07, 6.45) is 5.20. The van der Waals surface area contributed by atoms with Gasteiger partial charge in [0.1, 0.15) is 10.7 Å². The number of rotatable bonds is 5. The van der Waals surface area contributed by atoms with E-state index in [4.69, 9.17) is 4.98 Å². The second kappa shape index (κ2) is 8.56. The number of fused-ring (bicyclic) bond motifs is 2. The number of carbonyl (C=O) groups excluding carboxylic acids is 1. The normalized spacial score (nSPS) is 22.6. The molecule has 2 aliphatic heterocycles. The Labute approximate surface area is 176 Å². The summed E-state index contributed by atoms with van der Waals surface area (Å²) in [6, 6.07) is 0. The summed E-state index contributed by atoms with van der Waals surface area (Å²) in [7, 11) is 0. The van der Waals surface area contributed by atoms with E-state index in [2.05, 4.69) is 24.1 Å². The average molecular weight is 417 g/mol. The second-order valence-electron chi connectivity index (χ2n) is 8.99. The molecule has 0 unspecified atom stereocenters. The van der Waals surface area contributed by atoms with Crippen molar-refractivity contribution in [3.63, 3.8) is 0 Å². The molecule has 0 spiro atoms. The van der Waals surface area contributed by atoms with E-state index in [9.17, 15) is 9.59 Å². The lowest BCUT2D eigenvalue weighted by Gasteiger charge is -2.34. The van der Waals surface area contributed by atoms with Crippen LogP contribution in [-0.2, 0) is 13.0 Å². The van der Waals surface area contributed by atoms with Gasteiger partial charge in [-0.25, -0.2) is 4.98 Å². The van der Waals surface area contributed by atoms with Crippen LogP contribution in [0.2, 0.25) is 0 Å². The maximum atomic E-state index is 12.9. The Morgan fingerprint density at radius 3 is 2.76 bits per heavy atom. The fourth-order valence-corrected chi connectivity index (χ4v) is 6.12. The number of likely N-dealkylation sites (tertiary alicyclic amines) is 1. The van der Waals surface area contributed by atoms with Crippen LogP contribution in [0.3, 0.4) is 0 Å². The fraction of sp³-hybridized carbons (Fsp3) is 0.682. The molecule has 2 aromatic heterocycles. The van der Waals surface area contributed by atoms with E-state index in [1.54, 1.807) is 4.57 Å². The molecular weight excluding hydrogens is 384 g/mol. The highest BCUT2D eigenvalue weighted by Gasteiger charge is 2.23. The summed E-state index contributed by atoms with van der Waals surface area (Å²) in [5.74, 6) is 2.30. The first-order chi connectivity index (χ1) is 13.9. The van der Waals surface area contributed by atoms with Gasteiger partial charge < -0.3 is 10.2 Å². The van der Waals surface area contributed by atoms with Crippen LogP contribution >= 0.6 is 11.3 Å². The predicted octanol–water partition coefficient (Wildman–Crippen LogP) is 3.20. The molecule has 7 heteroatoms. The van der Waals surface area contributed by atoms with Crippen LogP contribution in [0.5, 0.6) is 0 Å². The molecule has 158 valence electrons. The molecule has 0 aromatic carbocycles. The van der Waals surface area contributed by atoms with Gasteiger partial charge in [-0.1, -0.05) is 13.8 Å². The molecule has 4 heterocycles. The molecule has 1 N–H and O–H groups in total. The van der Waals surface area contributed by atoms with Crippen molar-refractivity contribution in [1.82, 2.24) is 19.8 Å². The maximum Gasteiger partial charge on any atom is 0.262 e. The van der Waals surface area contributed by atoms with Crippen molar-refractivity contribution < 1.29 is 4.79 Å². The molecular formula is C22H32N4O2S. The topological polar surface area (TPSA) is 67.2 Å².